The molecule has 0 aromatic heterocycles. The average Bonchev–Trinajstić information content (AvgIpc) is 2.91. The van der Waals surface area contributed by atoms with Crippen molar-refractivity contribution in [2.75, 3.05) is 31.6 Å². The predicted molar refractivity (Wildman–Crippen MR) is 119 cm³/mol. The number of anilines is 1. The molecule has 2 aromatic carbocycles. The van der Waals surface area contributed by atoms with Crippen LogP contribution in [-0.2, 0) is 9.59 Å². The number of likely N-dealkylation sites (tertiary alicyclic amines) is 1. The lowest BCUT2D eigenvalue weighted by Crippen LogP contribution is -2.54. The summed E-state index contributed by atoms with van der Waals surface area (Å²) in [5.41, 5.74) is 1.60. The molecule has 2 aliphatic rings. The Hall–Kier alpha value is -3.55. The van der Waals surface area contributed by atoms with Crippen molar-refractivity contribution in [3.63, 3.8) is 0 Å². The molecule has 2 heterocycles. The van der Waals surface area contributed by atoms with Gasteiger partial charge in [-0.3, -0.25) is 14.4 Å². The molecule has 168 valence electrons. The fourth-order valence-electron chi connectivity index (χ4n) is 4.08. The molecule has 1 fully saturated rings. The highest BCUT2D eigenvalue weighted by Crippen LogP contribution is 2.33. The van der Waals surface area contributed by atoms with Crippen molar-refractivity contribution in [3.8, 4) is 11.5 Å². The molecule has 32 heavy (non-hydrogen) atoms. The van der Waals surface area contributed by atoms with Gasteiger partial charge in [-0.1, -0.05) is 12.1 Å². The lowest BCUT2D eigenvalue weighted by atomic mass is 9.91. The number of hydrogen-bond donors (Lipinski definition) is 2. The highest BCUT2D eigenvalue weighted by Gasteiger charge is 2.40. The number of para-hydroxylation sites is 1. The first kappa shape index (κ1) is 21.7. The second-order valence-corrected chi connectivity index (χ2v) is 8.29. The molecule has 8 heteroatoms. The number of nitrogens with one attached hydrogen (secondary N) is 2. The Morgan fingerprint density at radius 3 is 2.66 bits per heavy atom. The van der Waals surface area contributed by atoms with Gasteiger partial charge in [-0.25, -0.2) is 0 Å². The van der Waals surface area contributed by atoms with Gasteiger partial charge in [0.1, 0.15) is 17.1 Å². The zero-order valence-electron chi connectivity index (χ0n) is 18.3. The van der Waals surface area contributed by atoms with Crippen molar-refractivity contribution in [2.45, 2.75) is 32.3 Å². The van der Waals surface area contributed by atoms with Gasteiger partial charge in [0, 0.05) is 38.5 Å². The summed E-state index contributed by atoms with van der Waals surface area (Å²) in [4.78, 5) is 38.0. The van der Waals surface area contributed by atoms with Gasteiger partial charge in [-0.05, 0) is 42.8 Å². The van der Waals surface area contributed by atoms with E-state index in [1.54, 1.807) is 29.2 Å². The largest absolute Gasteiger partial charge is 0.484 e. The molecule has 1 spiro atoms. The van der Waals surface area contributed by atoms with E-state index in [1.807, 2.05) is 25.1 Å². The van der Waals surface area contributed by atoms with Crippen molar-refractivity contribution in [3.05, 3.63) is 53.6 Å². The first-order chi connectivity index (χ1) is 15.3. The predicted octanol–water partition coefficient (Wildman–Crippen LogP) is 2.52. The molecule has 0 aliphatic carbocycles. The Labute approximate surface area is 186 Å². The van der Waals surface area contributed by atoms with Gasteiger partial charge in [0.25, 0.3) is 11.8 Å². The monoisotopic (exact) mass is 437 g/mol. The van der Waals surface area contributed by atoms with Crippen molar-refractivity contribution < 1.29 is 23.9 Å². The van der Waals surface area contributed by atoms with Crippen LogP contribution < -0.4 is 20.1 Å². The molecule has 0 bridgehead atoms. The highest BCUT2D eigenvalue weighted by atomic mass is 16.5. The Balaban J connectivity index is 1.33. The quantitative estimate of drug-likeness (QED) is 0.766. The second-order valence-electron chi connectivity index (χ2n) is 8.29. The minimum absolute atomic E-state index is 0.0631. The van der Waals surface area contributed by atoms with Crippen molar-refractivity contribution in [1.82, 2.24) is 10.2 Å². The van der Waals surface area contributed by atoms with Gasteiger partial charge >= 0.3 is 0 Å². The van der Waals surface area contributed by atoms with E-state index in [-0.39, 0.29) is 24.3 Å². The minimum Gasteiger partial charge on any atom is -0.484 e. The number of hydrogen-bond acceptors (Lipinski definition) is 5. The van der Waals surface area contributed by atoms with Crippen molar-refractivity contribution in [2.24, 2.45) is 0 Å². The van der Waals surface area contributed by atoms with Crippen LogP contribution in [0.1, 0.15) is 35.7 Å². The van der Waals surface area contributed by atoms with Gasteiger partial charge < -0.3 is 25.0 Å². The fourth-order valence-corrected chi connectivity index (χ4v) is 4.08. The number of benzene rings is 2. The molecule has 0 atom stereocenters. The van der Waals surface area contributed by atoms with E-state index < -0.39 is 5.60 Å². The average molecular weight is 437 g/mol. The molecular formula is C24H27N3O5. The van der Waals surface area contributed by atoms with Gasteiger partial charge in [0.05, 0.1) is 12.1 Å². The zero-order chi connectivity index (χ0) is 22.7. The van der Waals surface area contributed by atoms with Crippen LogP contribution in [0, 0.1) is 6.92 Å². The maximum Gasteiger partial charge on any atom is 0.260 e. The highest BCUT2D eigenvalue weighted by molar-refractivity contribution is 5.97. The number of carbonyl (C=O) groups is 3. The molecule has 1 saturated heterocycles. The summed E-state index contributed by atoms with van der Waals surface area (Å²) >= 11 is 0. The van der Waals surface area contributed by atoms with Crippen LogP contribution >= 0.6 is 0 Å². The summed E-state index contributed by atoms with van der Waals surface area (Å²) in [6, 6.07) is 12.5. The Kier molecular flexibility index (Phi) is 6.03. The minimum atomic E-state index is -0.517. The summed E-state index contributed by atoms with van der Waals surface area (Å²) in [5.74, 6) is 0.791. The third-order valence-corrected chi connectivity index (χ3v) is 5.93. The summed E-state index contributed by atoms with van der Waals surface area (Å²) in [5, 5.41) is 5.71. The van der Waals surface area contributed by atoms with Crippen LogP contribution in [0.4, 0.5) is 5.69 Å². The van der Waals surface area contributed by atoms with Gasteiger partial charge in [0.2, 0.25) is 5.91 Å². The van der Waals surface area contributed by atoms with Gasteiger partial charge in [-0.2, -0.15) is 0 Å². The van der Waals surface area contributed by atoms with E-state index in [0.29, 0.717) is 49.5 Å². The number of nitrogens with zero attached hydrogens (tertiary/aromatic N) is 1. The van der Waals surface area contributed by atoms with Crippen LogP contribution in [0.15, 0.2) is 42.5 Å². The van der Waals surface area contributed by atoms with Crippen LogP contribution in [0.2, 0.25) is 0 Å². The smallest absolute Gasteiger partial charge is 0.260 e. The topological polar surface area (TPSA) is 97.0 Å². The van der Waals surface area contributed by atoms with Crippen molar-refractivity contribution in [1.29, 1.82) is 0 Å². The van der Waals surface area contributed by atoms with Crippen molar-refractivity contribution >= 4 is 23.4 Å². The number of ether oxygens (including phenoxy) is 2. The van der Waals surface area contributed by atoms with E-state index in [0.717, 1.165) is 11.3 Å². The third kappa shape index (κ3) is 4.69. The van der Waals surface area contributed by atoms with E-state index in [1.165, 1.54) is 6.92 Å². The number of aryl methyl sites for hydroxylation is 1. The SMILES string of the molecule is CC(=O)Nc1ccc(OCC(=O)N2CCC3(CC2)CNC(=O)c2ccccc2O3)cc1C. The fraction of sp³-hybridized carbons (Fsp3) is 0.375. The van der Waals surface area contributed by atoms with Gasteiger partial charge in [0.15, 0.2) is 6.61 Å². The molecule has 2 aliphatic heterocycles. The van der Waals surface area contributed by atoms with E-state index in [9.17, 15) is 14.4 Å². The maximum absolute atomic E-state index is 12.7. The number of fused-ring (bicyclic) bond motifs is 1. The molecule has 3 amide bonds. The normalized spacial score (nSPS) is 16.9. The molecular weight excluding hydrogens is 410 g/mol. The lowest BCUT2D eigenvalue weighted by Gasteiger charge is -2.41. The number of rotatable bonds is 4. The van der Waals surface area contributed by atoms with E-state index in [4.69, 9.17) is 9.47 Å². The Bertz CT molecular complexity index is 1040. The van der Waals surface area contributed by atoms with E-state index in [2.05, 4.69) is 10.6 Å². The first-order valence-corrected chi connectivity index (χ1v) is 10.7. The Morgan fingerprint density at radius 1 is 1.19 bits per heavy atom. The number of piperidine rings is 1. The van der Waals surface area contributed by atoms with Crippen LogP contribution in [0.3, 0.4) is 0 Å². The molecule has 8 nitrogen and oxygen atoms in total. The third-order valence-electron chi connectivity index (χ3n) is 5.93. The molecule has 2 aromatic rings. The van der Waals surface area contributed by atoms with Crippen LogP contribution in [0.5, 0.6) is 11.5 Å². The van der Waals surface area contributed by atoms with Crippen LogP contribution in [0.25, 0.3) is 0 Å². The molecule has 4 rings (SSSR count). The molecule has 0 radical (unpaired) electrons. The molecule has 2 N–H and O–H groups in total. The maximum atomic E-state index is 12.7. The first-order valence-electron chi connectivity index (χ1n) is 10.7. The molecule has 0 saturated carbocycles. The summed E-state index contributed by atoms with van der Waals surface area (Å²) < 4.78 is 12.0. The van der Waals surface area contributed by atoms with E-state index >= 15 is 0 Å². The Morgan fingerprint density at radius 2 is 1.94 bits per heavy atom. The standard InChI is InChI=1S/C24H27N3O5/c1-16-13-18(7-8-20(16)26-17(2)28)31-14-22(29)27-11-9-24(10-12-27)15-25-23(30)19-5-3-4-6-21(19)32-24/h3-8,13H,9-12,14-15H2,1-2H3,(H,25,30)(H,26,28). The van der Waals surface area contributed by atoms with Crippen LogP contribution in [-0.4, -0.2) is 54.5 Å². The lowest BCUT2D eigenvalue weighted by molar-refractivity contribution is -0.136. The summed E-state index contributed by atoms with van der Waals surface area (Å²) in [6.45, 7) is 4.73. The molecule has 0 unspecified atom stereocenters. The number of amides is 3. The van der Waals surface area contributed by atoms with Gasteiger partial charge in [-0.15, -0.1) is 0 Å². The second kappa shape index (κ2) is 8.90. The zero-order valence-corrected chi connectivity index (χ0v) is 18.3. The summed E-state index contributed by atoms with van der Waals surface area (Å²) in [6.07, 6.45) is 1.25. The number of carbonyl (C=O) groups excluding carboxylic acids is 3. The summed E-state index contributed by atoms with van der Waals surface area (Å²) in [7, 11) is 0.